The zero-order chi connectivity index (χ0) is 16.6. The first-order valence-corrected chi connectivity index (χ1v) is 8.62. The van der Waals surface area contributed by atoms with Crippen LogP contribution in [0.5, 0.6) is 0 Å². The van der Waals surface area contributed by atoms with Gasteiger partial charge in [0, 0.05) is 31.0 Å². The molecule has 0 radical (unpaired) electrons. The molecule has 0 aliphatic heterocycles. The van der Waals surface area contributed by atoms with Crippen molar-refractivity contribution in [1.29, 1.82) is 0 Å². The summed E-state index contributed by atoms with van der Waals surface area (Å²) in [7, 11) is 0. The lowest BCUT2D eigenvalue weighted by molar-refractivity contribution is -0.128. The third-order valence-electron chi connectivity index (χ3n) is 4.37. The van der Waals surface area contributed by atoms with E-state index in [0.717, 1.165) is 0 Å². The molecule has 1 fully saturated rings. The second kappa shape index (κ2) is 10.9. The number of halogens is 1. The molecule has 0 spiro atoms. The van der Waals surface area contributed by atoms with Crippen molar-refractivity contribution in [2.24, 2.45) is 17.1 Å². The topological polar surface area (TPSA) is 84.2 Å². The standard InChI is InChI=1S/C17H33N3O2.ClH/c1-17(2,3)16(22)19-11-7-10-15(21)20-14(12-18)13-8-5-4-6-9-13;/h13-14H,4-12,18H2,1-3H3,(H,19,22)(H,20,21);1H. The molecule has 1 rings (SSSR count). The highest BCUT2D eigenvalue weighted by molar-refractivity contribution is 5.85. The van der Waals surface area contributed by atoms with Gasteiger partial charge in [0.25, 0.3) is 0 Å². The Kier molecular flexibility index (Phi) is 10.5. The molecule has 1 aliphatic carbocycles. The van der Waals surface area contributed by atoms with Gasteiger partial charge in [-0.15, -0.1) is 12.4 Å². The van der Waals surface area contributed by atoms with Crippen LogP contribution in [-0.4, -0.2) is 30.9 Å². The van der Waals surface area contributed by atoms with Crippen LogP contribution < -0.4 is 16.4 Å². The molecule has 136 valence electrons. The van der Waals surface area contributed by atoms with Gasteiger partial charge in [0.1, 0.15) is 0 Å². The van der Waals surface area contributed by atoms with E-state index in [2.05, 4.69) is 10.6 Å². The van der Waals surface area contributed by atoms with Crippen molar-refractivity contribution in [1.82, 2.24) is 10.6 Å². The van der Waals surface area contributed by atoms with E-state index < -0.39 is 0 Å². The zero-order valence-corrected chi connectivity index (χ0v) is 15.6. The van der Waals surface area contributed by atoms with Crippen LogP contribution in [0.15, 0.2) is 0 Å². The summed E-state index contributed by atoms with van der Waals surface area (Å²) in [5.41, 5.74) is 5.44. The lowest BCUT2D eigenvalue weighted by atomic mass is 9.84. The molecule has 1 unspecified atom stereocenters. The van der Waals surface area contributed by atoms with Gasteiger partial charge in [0.15, 0.2) is 0 Å². The maximum Gasteiger partial charge on any atom is 0.225 e. The van der Waals surface area contributed by atoms with E-state index in [-0.39, 0.29) is 35.7 Å². The fourth-order valence-electron chi connectivity index (χ4n) is 2.90. The molecule has 1 saturated carbocycles. The van der Waals surface area contributed by atoms with E-state index in [1.807, 2.05) is 20.8 Å². The van der Waals surface area contributed by atoms with Gasteiger partial charge in [-0.25, -0.2) is 0 Å². The molecule has 1 atom stereocenters. The average molecular weight is 348 g/mol. The van der Waals surface area contributed by atoms with Crippen LogP contribution in [0.1, 0.15) is 65.7 Å². The summed E-state index contributed by atoms with van der Waals surface area (Å²) in [4.78, 5) is 23.7. The zero-order valence-electron chi connectivity index (χ0n) is 14.8. The van der Waals surface area contributed by atoms with Gasteiger partial charge in [-0.2, -0.15) is 0 Å². The normalized spacial score (nSPS) is 17.0. The Labute approximate surface area is 146 Å². The molecule has 6 heteroatoms. The Bertz CT molecular complexity index is 363. The molecule has 0 saturated heterocycles. The largest absolute Gasteiger partial charge is 0.356 e. The van der Waals surface area contributed by atoms with Crippen molar-refractivity contribution < 1.29 is 9.59 Å². The molecule has 5 nitrogen and oxygen atoms in total. The van der Waals surface area contributed by atoms with Gasteiger partial charge < -0.3 is 16.4 Å². The number of hydrogen-bond acceptors (Lipinski definition) is 3. The van der Waals surface area contributed by atoms with Crippen molar-refractivity contribution in [3.63, 3.8) is 0 Å². The molecule has 0 aromatic rings. The molecular formula is C17H34ClN3O2. The fraction of sp³-hybridized carbons (Fsp3) is 0.882. The van der Waals surface area contributed by atoms with Crippen molar-refractivity contribution in [3.05, 3.63) is 0 Å². The molecule has 0 heterocycles. The molecule has 23 heavy (non-hydrogen) atoms. The highest BCUT2D eigenvalue weighted by Gasteiger charge is 2.24. The van der Waals surface area contributed by atoms with Crippen molar-refractivity contribution >= 4 is 24.2 Å². The van der Waals surface area contributed by atoms with Crippen molar-refractivity contribution in [3.8, 4) is 0 Å². The minimum Gasteiger partial charge on any atom is -0.356 e. The predicted octanol–water partition coefficient (Wildman–Crippen LogP) is 2.37. The summed E-state index contributed by atoms with van der Waals surface area (Å²) in [6.07, 6.45) is 7.23. The summed E-state index contributed by atoms with van der Waals surface area (Å²) in [5.74, 6) is 0.601. The van der Waals surface area contributed by atoms with E-state index >= 15 is 0 Å². The number of hydrogen-bond donors (Lipinski definition) is 3. The first kappa shape index (κ1) is 22.2. The van der Waals surface area contributed by atoms with Crippen molar-refractivity contribution in [2.75, 3.05) is 13.1 Å². The Hall–Kier alpha value is -0.810. The number of carbonyl (C=O) groups excluding carboxylic acids is 2. The molecular weight excluding hydrogens is 314 g/mol. The van der Waals surface area contributed by atoms with Crippen LogP contribution in [-0.2, 0) is 9.59 Å². The van der Waals surface area contributed by atoms with Gasteiger partial charge in [0.05, 0.1) is 0 Å². The first-order chi connectivity index (χ1) is 10.3. The number of nitrogens with one attached hydrogen (secondary N) is 2. The van der Waals surface area contributed by atoms with E-state index in [1.165, 1.54) is 32.1 Å². The van der Waals surface area contributed by atoms with Crippen molar-refractivity contribution in [2.45, 2.75) is 71.8 Å². The van der Waals surface area contributed by atoms with Gasteiger partial charge in [-0.3, -0.25) is 9.59 Å². The summed E-state index contributed by atoms with van der Waals surface area (Å²) in [5, 5.41) is 5.94. The molecule has 4 N–H and O–H groups in total. The highest BCUT2D eigenvalue weighted by atomic mass is 35.5. The van der Waals surface area contributed by atoms with Crippen LogP contribution in [0.2, 0.25) is 0 Å². The van der Waals surface area contributed by atoms with E-state index in [0.29, 0.717) is 31.8 Å². The van der Waals surface area contributed by atoms with Crippen LogP contribution in [0.25, 0.3) is 0 Å². The number of rotatable bonds is 7. The van der Waals surface area contributed by atoms with Gasteiger partial charge in [-0.05, 0) is 25.2 Å². The van der Waals surface area contributed by atoms with E-state index in [4.69, 9.17) is 5.73 Å². The highest BCUT2D eigenvalue weighted by Crippen LogP contribution is 2.26. The number of nitrogens with two attached hydrogens (primary N) is 1. The third-order valence-corrected chi connectivity index (χ3v) is 4.37. The van der Waals surface area contributed by atoms with Gasteiger partial charge in [-0.1, -0.05) is 40.0 Å². The van der Waals surface area contributed by atoms with Crippen LogP contribution in [0.3, 0.4) is 0 Å². The van der Waals surface area contributed by atoms with Crippen LogP contribution >= 0.6 is 12.4 Å². The minimum absolute atomic E-state index is 0. The Balaban J connectivity index is 0.00000484. The molecule has 2 amide bonds. The van der Waals surface area contributed by atoms with Gasteiger partial charge in [0.2, 0.25) is 11.8 Å². The number of carbonyl (C=O) groups is 2. The molecule has 0 aromatic carbocycles. The molecule has 1 aliphatic rings. The summed E-state index contributed by atoms with van der Waals surface area (Å²) >= 11 is 0. The summed E-state index contributed by atoms with van der Waals surface area (Å²) < 4.78 is 0. The maximum atomic E-state index is 12.0. The Morgan fingerprint density at radius 2 is 1.78 bits per heavy atom. The van der Waals surface area contributed by atoms with E-state index in [1.54, 1.807) is 0 Å². The van der Waals surface area contributed by atoms with Crippen LogP contribution in [0, 0.1) is 11.3 Å². The quantitative estimate of drug-likeness (QED) is 0.618. The lowest BCUT2D eigenvalue weighted by Crippen LogP contribution is -2.46. The van der Waals surface area contributed by atoms with Crippen LogP contribution in [0.4, 0.5) is 0 Å². The number of amides is 2. The Morgan fingerprint density at radius 1 is 1.17 bits per heavy atom. The molecule has 0 aromatic heterocycles. The average Bonchev–Trinajstić information content (AvgIpc) is 2.48. The lowest BCUT2D eigenvalue weighted by Gasteiger charge is -2.30. The molecule has 0 bridgehead atoms. The minimum atomic E-state index is -0.381. The monoisotopic (exact) mass is 347 g/mol. The summed E-state index contributed by atoms with van der Waals surface area (Å²) in [6, 6.07) is 0.108. The fourth-order valence-corrected chi connectivity index (χ4v) is 2.90. The third kappa shape index (κ3) is 8.56. The Morgan fingerprint density at radius 3 is 2.30 bits per heavy atom. The smallest absolute Gasteiger partial charge is 0.225 e. The van der Waals surface area contributed by atoms with Gasteiger partial charge >= 0.3 is 0 Å². The second-order valence-electron chi connectivity index (χ2n) is 7.42. The second-order valence-corrected chi connectivity index (χ2v) is 7.42. The predicted molar refractivity (Wildman–Crippen MR) is 96.5 cm³/mol. The maximum absolute atomic E-state index is 12.0. The van der Waals surface area contributed by atoms with E-state index in [9.17, 15) is 9.59 Å². The summed E-state index contributed by atoms with van der Waals surface area (Å²) in [6.45, 7) is 6.69. The first-order valence-electron chi connectivity index (χ1n) is 8.62. The SMILES string of the molecule is CC(C)(C)C(=O)NCCCC(=O)NC(CN)C1CCCCC1.Cl.